The zero-order chi connectivity index (χ0) is 18.0. The van der Waals surface area contributed by atoms with Crippen LogP contribution in [0.3, 0.4) is 0 Å². The first-order chi connectivity index (χ1) is 11.9. The van der Waals surface area contributed by atoms with Gasteiger partial charge in [0.2, 0.25) is 0 Å². The van der Waals surface area contributed by atoms with Crippen LogP contribution < -0.4 is 15.5 Å². The van der Waals surface area contributed by atoms with Crippen LogP contribution in [0.1, 0.15) is 18.5 Å². The largest absolute Gasteiger partial charge is 0.368 e. The molecule has 1 unspecified atom stereocenters. The van der Waals surface area contributed by atoms with Gasteiger partial charge in [-0.3, -0.25) is 10.00 Å². The fraction of sp³-hybridized carbons (Fsp3) is 0.438. The van der Waals surface area contributed by atoms with Gasteiger partial charge in [-0.15, -0.1) is 5.10 Å². The minimum Gasteiger partial charge on any atom is -0.368 e. The van der Waals surface area contributed by atoms with Gasteiger partial charge in [-0.2, -0.15) is 0 Å². The average molecular weight is 383 g/mol. The number of anilines is 2. The molecule has 1 fully saturated rings. The van der Waals surface area contributed by atoms with Crippen molar-refractivity contribution < 1.29 is 4.79 Å². The van der Waals surface area contributed by atoms with Crippen molar-refractivity contribution in [3.05, 3.63) is 33.9 Å². The maximum Gasteiger partial charge on any atom is 0.320 e. The van der Waals surface area contributed by atoms with E-state index >= 15 is 0 Å². The lowest BCUT2D eigenvalue weighted by molar-refractivity contribution is 0.246. The average Bonchev–Trinajstić information content (AvgIpc) is 2.87. The van der Waals surface area contributed by atoms with E-state index in [1.165, 1.54) is 0 Å². The highest BCUT2D eigenvalue weighted by Gasteiger charge is 2.23. The topological polar surface area (TPSA) is 75.1 Å². The van der Waals surface area contributed by atoms with Crippen molar-refractivity contribution >= 4 is 40.7 Å². The fourth-order valence-electron chi connectivity index (χ4n) is 2.90. The summed E-state index contributed by atoms with van der Waals surface area (Å²) in [5.74, 6) is 0.466. The summed E-state index contributed by atoms with van der Waals surface area (Å²) < 4.78 is 1.61. The second-order valence-electron chi connectivity index (χ2n) is 6.13. The number of amides is 2. The first-order valence-electron chi connectivity index (χ1n) is 8.08. The van der Waals surface area contributed by atoms with Crippen LogP contribution in [0.2, 0.25) is 10.0 Å². The van der Waals surface area contributed by atoms with Gasteiger partial charge in [-0.05, 0) is 38.0 Å². The number of nitrogens with one attached hydrogen (secondary N) is 2. The molecule has 9 heteroatoms. The summed E-state index contributed by atoms with van der Waals surface area (Å²) in [6, 6.07) is 5.22. The Morgan fingerprint density at radius 3 is 2.84 bits per heavy atom. The molecule has 1 aromatic heterocycles. The molecular formula is C16H20Cl2N6O. The summed E-state index contributed by atoms with van der Waals surface area (Å²) in [6.45, 7) is 3.43. The van der Waals surface area contributed by atoms with E-state index in [-0.39, 0.29) is 12.1 Å². The number of hydrogen-bond donors (Lipinski definition) is 2. The summed E-state index contributed by atoms with van der Waals surface area (Å²) in [5.41, 5.74) is 1.73. The molecule has 134 valence electrons. The first-order valence-corrected chi connectivity index (χ1v) is 8.83. The molecule has 0 bridgehead atoms. The molecular weight excluding hydrogens is 363 g/mol. The maximum absolute atomic E-state index is 12.2. The second-order valence-corrected chi connectivity index (χ2v) is 6.97. The SMILES string of the molecule is Cc1c(NC(=O)NC2CCCN(c3ccc(Cl)cc3Cl)C2)nnn1C. The lowest BCUT2D eigenvalue weighted by Crippen LogP contribution is -2.49. The molecule has 2 N–H and O–H groups in total. The Kier molecular flexibility index (Phi) is 5.34. The molecule has 2 amide bonds. The number of carbonyl (C=O) groups is 1. The van der Waals surface area contributed by atoms with E-state index in [2.05, 4.69) is 25.8 Å². The molecule has 7 nitrogen and oxygen atoms in total. The van der Waals surface area contributed by atoms with E-state index in [0.29, 0.717) is 22.4 Å². The number of hydrogen-bond acceptors (Lipinski definition) is 4. The minimum atomic E-state index is -0.280. The Hall–Kier alpha value is -1.99. The maximum atomic E-state index is 12.2. The highest BCUT2D eigenvalue weighted by Crippen LogP contribution is 2.30. The van der Waals surface area contributed by atoms with E-state index in [1.54, 1.807) is 17.8 Å². The van der Waals surface area contributed by atoms with Crippen molar-refractivity contribution in [1.82, 2.24) is 20.3 Å². The van der Waals surface area contributed by atoms with Gasteiger partial charge in [0.1, 0.15) is 0 Å². The zero-order valence-electron chi connectivity index (χ0n) is 14.1. The molecule has 0 saturated carbocycles. The van der Waals surface area contributed by atoms with E-state index in [0.717, 1.165) is 30.8 Å². The van der Waals surface area contributed by atoms with Crippen molar-refractivity contribution in [3.8, 4) is 0 Å². The second kappa shape index (κ2) is 7.49. The number of benzene rings is 1. The number of halogens is 2. The molecule has 1 saturated heterocycles. The van der Waals surface area contributed by atoms with Gasteiger partial charge in [0.05, 0.1) is 16.4 Å². The third-order valence-electron chi connectivity index (χ3n) is 4.35. The van der Waals surface area contributed by atoms with E-state index < -0.39 is 0 Å². The normalized spacial score (nSPS) is 17.4. The molecule has 3 rings (SSSR count). The lowest BCUT2D eigenvalue weighted by atomic mass is 10.1. The highest BCUT2D eigenvalue weighted by molar-refractivity contribution is 6.36. The van der Waals surface area contributed by atoms with Crippen LogP contribution in [0.25, 0.3) is 0 Å². The Morgan fingerprint density at radius 2 is 2.16 bits per heavy atom. The zero-order valence-corrected chi connectivity index (χ0v) is 15.6. The minimum absolute atomic E-state index is 0.0254. The number of urea groups is 1. The van der Waals surface area contributed by atoms with Crippen LogP contribution >= 0.6 is 23.2 Å². The molecule has 0 spiro atoms. The van der Waals surface area contributed by atoms with Crippen molar-refractivity contribution in [2.45, 2.75) is 25.8 Å². The lowest BCUT2D eigenvalue weighted by Gasteiger charge is -2.35. The van der Waals surface area contributed by atoms with Gasteiger partial charge < -0.3 is 10.2 Å². The van der Waals surface area contributed by atoms with Gasteiger partial charge in [0.25, 0.3) is 0 Å². The van der Waals surface area contributed by atoms with Gasteiger partial charge in [0, 0.05) is 31.2 Å². The number of rotatable bonds is 3. The van der Waals surface area contributed by atoms with Crippen LogP contribution in [-0.2, 0) is 7.05 Å². The molecule has 1 aromatic carbocycles. The van der Waals surface area contributed by atoms with Crippen molar-refractivity contribution in [3.63, 3.8) is 0 Å². The van der Waals surface area contributed by atoms with E-state index in [4.69, 9.17) is 23.2 Å². The molecule has 0 radical (unpaired) electrons. The Labute approximate surface area is 156 Å². The molecule has 2 aromatic rings. The monoisotopic (exact) mass is 382 g/mol. The van der Waals surface area contributed by atoms with Crippen LogP contribution in [0, 0.1) is 6.92 Å². The van der Waals surface area contributed by atoms with Gasteiger partial charge in [0.15, 0.2) is 5.82 Å². The number of aromatic nitrogens is 3. The number of carbonyl (C=O) groups excluding carboxylic acids is 1. The fourth-order valence-corrected chi connectivity index (χ4v) is 3.43. The van der Waals surface area contributed by atoms with Crippen LogP contribution in [0.5, 0.6) is 0 Å². The van der Waals surface area contributed by atoms with E-state index in [9.17, 15) is 4.79 Å². The Bertz CT molecular complexity index is 778. The number of piperidine rings is 1. The smallest absolute Gasteiger partial charge is 0.320 e. The van der Waals surface area contributed by atoms with Gasteiger partial charge >= 0.3 is 6.03 Å². The first kappa shape index (κ1) is 17.8. The van der Waals surface area contributed by atoms with Gasteiger partial charge in [-0.25, -0.2) is 4.79 Å². The summed E-state index contributed by atoms with van der Waals surface area (Å²) in [6.07, 6.45) is 1.88. The van der Waals surface area contributed by atoms with Crippen molar-refractivity contribution in [2.75, 3.05) is 23.3 Å². The summed E-state index contributed by atoms with van der Waals surface area (Å²) >= 11 is 12.3. The Morgan fingerprint density at radius 1 is 1.36 bits per heavy atom. The summed E-state index contributed by atoms with van der Waals surface area (Å²) in [7, 11) is 1.78. The summed E-state index contributed by atoms with van der Waals surface area (Å²) in [5, 5.41) is 14.8. The molecule has 1 atom stereocenters. The molecule has 25 heavy (non-hydrogen) atoms. The van der Waals surface area contributed by atoms with E-state index in [1.807, 2.05) is 19.1 Å². The number of nitrogens with zero attached hydrogens (tertiary/aromatic N) is 4. The standard InChI is InChI=1S/C16H20Cl2N6O/c1-10-15(21-22-23(10)2)20-16(25)19-12-4-3-7-24(9-12)14-6-5-11(17)8-13(14)18/h5-6,8,12H,3-4,7,9H2,1-2H3,(H2,19,20,25). The third kappa shape index (κ3) is 4.16. The predicted octanol–water partition coefficient (Wildman–Crippen LogP) is 3.22. The highest BCUT2D eigenvalue weighted by atomic mass is 35.5. The molecule has 2 heterocycles. The molecule has 1 aliphatic heterocycles. The quantitative estimate of drug-likeness (QED) is 0.854. The van der Waals surface area contributed by atoms with Crippen LogP contribution in [0.4, 0.5) is 16.3 Å². The number of aryl methyl sites for hydroxylation is 1. The molecule has 0 aliphatic carbocycles. The summed E-state index contributed by atoms with van der Waals surface area (Å²) in [4.78, 5) is 14.4. The molecule has 1 aliphatic rings. The van der Waals surface area contributed by atoms with Crippen LogP contribution in [-0.4, -0.2) is 40.2 Å². The third-order valence-corrected chi connectivity index (χ3v) is 4.88. The van der Waals surface area contributed by atoms with Crippen LogP contribution in [0.15, 0.2) is 18.2 Å². The Balaban J connectivity index is 1.61. The predicted molar refractivity (Wildman–Crippen MR) is 99.6 cm³/mol. The van der Waals surface area contributed by atoms with Crippen molar-refractivity contribution in [1.29, 1.82) is 0 Å². The van der Waals surface area contributed by atoms with Gasteiger partial charge in [-0.1, -0.05) is 28.4 Å². The van der Waals surface area contributed by atoms with Crippen molar-refractivity contribution in [2.24, 2.45) is 7.05 Å².